The molecule has 0 saturated heterocycles. The molecule has 0 bridgehead atoms. The van der Waals surface area contributed by atoms with E-state index in [1.807, 2.05) is 25.4 Å². The molecule has 1 aromatic carbocycles. The van der Waals surface area contributed by atoms with Gasteiger partial charge in [0.1, 0.15) is 11.6 Å². The highest BCUT2D eigenvalue weighted by Gasteiger charge is 2.08. The second-order valence-corrected chi connectivity index (χ2v) is 5.52. The first-order valence-corrected chi connectivity index (χ1v) is 7.83. The third kappa shape index (κ3) is 3.42. The van der Waals surface area contributed by atoms with Crippen molar-refractivity contribution in [2.24, 2.45) is 0 Å². The van der Waals surface area contributed by atoms with Gasteiger partial charge in [0.25, 0.3) is 0 Å². The number of hydrogen-bond donors (Lipinski definition) is 2. The summed E-state index contributed by atoms with van der Waals surface area (Å²) >= 11 is 1.53. The quantitative estimate of drug-likeness (QED) is 0.640. The van der Waals surface area contributed by atoms with Gasteiger partial charge in [0, 0.05) is 18.8 Å². The van der Waals surface area contributed by atoms with Crippen molar-refractivity contribution >= 4 is 29.1 Å². The van der Waals surface area contributed by atoms with Crippen LogP contribution >= 0.6 is 11.8 Å². The molecule has 0 atom stereocenters. The highest BCUT2D eigenvalue weighted by Crippen LogP contribution is 2.27. The minimum atomic E-state index is 0.462. The average Bonchev–Trinajstić information content (AvgIpc) is 2.47. The number of hydrogen-bond acceptors (Lipinski definition) is 5. The highest BCUT2D eigenvalue weighted by molar-refractivity contribution is 7.98. The van der Waals surface area contributed by atoms with Crippen molar-refractivity contribution in [1.29, 1.82) is 0 Å². The molecule has 1 aromatic heterocycles. The second kappa shape index (κ2) is 6.61. The van der Waals surface area contributed by atoms with Gasteiger partial charge in [0.2, 0.25) is 0 Å². The maximum atomic E-state index is 4.50. The first kappa shape index (κ1) is 14.7. The van der Waals surface area contributed by atoms with Crippen LogP contribution in [0.1, 0.15) is 25.3 Å². The largest absolute Gasteiger partial charge is 0.373 e. The lowest BCUT2D eigenvalue weighted by molar-refractivity contribution is 0.868. The van der Waals surface area contributed by atoms with E-state index in [0.29, 0.717) is 5.92 Å². The summed E-state index contributed by atoms with van der Waals surface area (Å²) in [6.45, 7) is 4.37. The van der Waals surface area contributed by atoms with Gasteiger partial charge in [-0.15, -0.1) is 0 Å². The summed E-state index contributed by atoms with van der Waals surface area (Å²) < 4.78 is 0. The number of thioether (sulfide) groups is 1. The Labute approximate surface area is 124 Å². The number of benzene rings is 1. The van der Waals surface area contributed by atoms with E-state index in [4.69, 9.17) is 0 Å². The minimum absolute atomic E-state index is 0.462. The Hall–Kier alpha value is -1.75. The lowest BCUT2D eigenvalue weighted by atomic mass is 10.0. The van der Waals surface area contributed by atoms with Gasteiger partial charge >= 0.3 is 0 Å². The predicted octanol–water partition coefficient (Wildman–Crippen LogP) is 4.11. The summed E-state index contributed by atoms with van der Waals surface area (Å²) in [5.74, 6) is 2.08. The summed E-state index contributed by atoms with van der Waals surface area (Å²) in [6.07, 6.45) is 1.97. The molecule has 106 valence electrons. The Morgan fingerprint density at radius 3 is 2.45 bits per heavy atom. The summed E-state index contributed by atoms with van der Waals surface area (Å²) in [6, 6.07) is 10.2. The van der Waals surface area contributed by atoms with Crippen LogP contribution in [0.2, 0.25) is 0 Å². The molecular formula is C15H20N4S. The van der Waals surface area contributed by atoms with Gasteiger partial charge in [-0.05, 0) is 23.8 Å². The minimum Gasteiger partial charge on any atom is -0.373 e. The fourth-order valence-corrected chi connectivity index (χ4v) is 2.34. The number of rotatable bonds is 5. The summed E-state index contributed by atoms with van der Waals surface area (Å²) in [7, 11) is 1.86. The topological polar surface area (TPSA) is 49.8 Å². The van der Waals surface area contributed by atoms with Crippen LogP contribution < -0.4 is 10.6 Å². The van der Waals surface area contributed by atoms with Gasteiger partial charge in [-0.2, -0.15) is 0 Å². The maximum Gasteiger partial charge on any atom is 0.191 e. The van der Waals surface area contributed by atoms with Crippen LogP contribution in [-0.2, 0) is 0 Å². The molecule has 0 spiro atoms. The van der Waals surface area contributed by atoms with Crippen molar-refractivity contribution < 1.29 is 0 Å². The van der Waals surface area contributed by atoms with Crippen molar-refractivity contribution in [3.8, 4) is 0 Å². The molecule has 0 saturated carbocycles. The van der Waals surface area contributed by atoms with Crippen LogP contribution in [-0.4, -0.2) is 23.3 Å². The summed E-state index contributed by atoms with van der Waals surface area (Å²) in [5.41, 5.74) is 2.37. The molecule has 0 unspecified atom stereocenters. The number of aromatic nitrogens is 2. The monoisotopic (exact) mass is 288 g/mol. The molecule has 2 rings (SSSR count). The fraction of sp³-hybridized carbons (Fsp3) is 0.333. The Bertz CT molecular complexity index is 562. The van der Waals surface area contributed by atoms with Gasteiger partial charge in [-0.3, -0.25) is 0 Å². The first-order valence-electron chi connectivity index (χ1n) is 6.60. The predicted molar refractivity (Wildman–Crippen MR) is 87.2 cm³/mol. The van der Waals surface area contributed by atoms with E-state index in [0.717, 1.165) is 22.5 Å². The standard InChI is InChI=1S/C15H20N4S/c1-10(2)11-7-5-6-8-12(11)17-14-9-13(16-3)18-15(19-14)20-4/h5-10H,1-4H3,(H2,16,17,18,19). The molecule has 0 amide bonds. The molecular weight excluding hydrogens is 268 g/mol. The number of para-hydroxylation sites is 1. The third-order valence-corrected chi connectivity index (χ3v) is 3.54. The van der Waals surface area contributed by atoms with Crippen LogP contribution in [0.4, 0.5) is 17.3 Å². The van der Waals surface area contributed by atoms with Gasteiger partial charge in [0.05, 0.1) is 0 Å². The van der Waals surface area contributed by atoms with Gasteiger partial charge < -0.3 is 10.6 Å². The van der Waals surface area contributed by atoms with Gasteiger partial charge in [0.15, 0.2) is 5.16 Å². The van der Waals surface area contributed by atoms with E-state index in [1.54, 1.807) is 0 Å². The number of anilines is 3. The molecule has 20 heavy (non-hydrogen) atoms. The first-order chi connectivity index (χ1) is 9.63. The van der Waals surface area contributed by atoms with E-state index >= 15 is 0 Å². The second-order valence-electron chi connectivity index (χ2n) is 4.74. The van der Waals surface area contributed by atoms with Crippen LogP contribution in [0.3, 0.4) is 0 Å². The van der Waals surface area contributed by atoms with E-state index in [2.05, 4.69) is 52.6 Å². The molecule has 2 N–H and O–H groups in total. The Balaban J connectivity index is 2.34. The van der Waals surface area contributed by atoms with Crippen molar-refractivity contribution in [2.45, 2.75) is 24.9 Å². The maximum absolute atomic E-state index is 4.50. The van der Waals surface area contributed by atoms with E-state index < -0.39 is 0 Å². The molecule has 0 aliphatic rings. The van der Waals surface area contributed by atoms with Crippen molar-refractivity contribution in [3.05, 3.63) is 35.9 Å². The molecule has 5 heteroatoms. The number of nitrogens with one attached hydrogen (secondary N) is 2. The summed E-state index contributed by atoms with van der Waals surface area (Å²) in [4.78, 5) is 8.87. The van der Waals surface area contributed by atoms with Crippen molar-refractivity contribution in [2.75, 3.05) is 23.9 Å². The van der Waals surface area contributed by atoms with Gasteiger partial charge in [-0.25, -0.2) is 9.97 Å². The molecule has 2 aromatic rings. The smallest absolute Gasteiger partial charge is 0.191 e. The summed E-state index contributed by atoms with van der Waals surface area (Å²) in [5, 5.41) is 7.21. The van der Waals surface area contributed by atoms with Crippen LogP contribution in [0.25, 0.3) is 0 Å². The van der Waals surface area contributed by atoms with Crippen LogP contribution in [0.5, 0.6) is 0 Å². The zero-order valence-electron chi connectivity index (χ0n) is 12.3. The lowest BCUT2D eigenvalue weighted by Gasteiger charge is -2.14. The van der Waals surface area contributed by atoms with Crippen molar-refractivity contribution in [3.63, 3.8) is 0 Å². The molecule has 0 radical (unpaired) electrons. The Morgan fingerprint density at radius 1 is 1.10 bits per heavy atom. The average molecular weight is 288 g/mol. The normalized spacial score (nSPS) is 10.7. The van der Waals surface area contributed by atoms with Crippen molar-refractivity contribution in [1.82, 2.24) is 9.97 Å². The molecule has 4 nitrogen and oxygen atoms in total. The molecule has 1 heterocycles. The van der Waals surface area contributed by atoms with Crippen LogP contribution in [0.15, 0.2) is 35.5 Å². The Morgan fingerprint density at radius 2 is 1.80 bits per heavy atom. The third-order valence-electron chi connectivity index (χ3n) is 2.99. The van der Waals surface area contributed by atoms with Gasteiger partial charge in [-0.1, -0.05) is 43.8 Å². The highest BCUT2D eigenvalue weighted by atomic mass is 32.2. The molecule has 0 aliphatic carbocycles. The van der Waals surface area contributed by atoms with Crippen LogP contribution in [0, 0.1) is 0 Å². The number of nitrogens with zero attached hydrogens (tertiary/aromatic N) is 2. The Kier molecular flexibility index (Phi) is 4.84. The zero-order valence-corrected chi connectivity index (χ0v) is 13.1. The zero-order chi connectivity index (χ0) is 14.5. The molecule has 0 fully saturated rings. The molecule has 0 aliphatic heterocycles. The fourth-order valence-electron chi connectivity index (χ4n) is 1.96. The van der Waals surface area contributed by atoms with E-state index in [-0.39, 0.29) is 0 Å². The lowest BCUT2D eigenvalue weighted by Crippen LogP contribution is -2.02. The van der Waals surface area contributed by atoms with E-state index in [1.165, 1.54) is 17.3 Å². The SMILES string of the molecule is CNc1cc(Nc2ccccc2C(C)C)nc(SC)n1. The van der Waals surface area contributed by atoms with E-state index in [9.17, 15) is 0 Å².